The molecular weight excluding hydrogens is 274 g/mol. The largest absolute Gasteiger partial charge is 0.506 e. The third kappa shape index (κ3) is 3.93. The van der Waals surface area contributed by atoms with Crippen LogP contribution in [0.3, 0.4) is 0 Å². The van der Waals surface area contributed by atoms with Gasteiger partial charge >= 0.3 is 0 Å². The summed E-state index contributed by atoms with van der Waals surface area (Å²) in [5, 5.41) is 12.2. The van der Waals surface area contributed by atoms with Gasteiger partial charge in [-0.15, -0.1) is 11.8 Å². The van der Waals surface area contributed by atoms with Crippen molar-refractivity contribution in [3.05, 3.63) is 48.5 Å². The van der Waals surface area contributed by atoms with Gasteiger partial charge in [0.25, 0.3) is 0 Å². The SMILES string of the molecule is COc1ccc(SCC(=O)Nc2ccccc2O)cc1. The van der Waals surface area contributed by atoms with Gasteiger partial charge in [0.15, 0.2) is 0 Å². The number of phenolic OH excluding ortho intramolecular Hbond substituents is 1. The Labute approximate surface area is 121 Å². The Morgan fingerprint density at radius 2 is 1.90 bits per heavy atom. The van der Waals surface area contributed by atoms with Crippen LogP contribution in [0, 0.1) is 0 Å². The molecule has 104 valence electrons. The number of para-hydroxylation sites is 2. The molecule has 0 heterocycles. The van der Waals surface area contributed by atoms with Crippen LogP contribution in [0.25, 0.3) is 0 Å². The van der Waals surface area contributed by atoms with E-state index in [2.05, 4.69) is 5.32 Å². The third-order valence-corrected chi connectivity index (χ3v) is 3.62. The number of phenols is 1. The van der Waals surface area contributed by atoms with Crippen molar-refractivity contribution < 1.29 is 14.6 Å². The van der Waals surface area contributed by atoms with Gasteiger partial charge in [0.2, 0.25) is 5.91 Å². The lowest BCUT2D eigenvalue weighted by Gasteiger charge is -2.07. The molecule has 5 heteroatoms. The molecule has 4 nitrogen and oxygen atoms in total. The van der Waals surface area contributed by atoms with Crippen LogP contribution in [-0.4, -0.2) is 23.9 Å². The van der Waals surface area contributed by atoms with E-state index in [1.807, 2.05) is 24.3 Å². The number of ether oxygens (including phenoxy) is 1. The summed E-state index contributed by atoms with van der Waals surface area (Å²) < 4.78 is 5.07. The fraction of sp³-hybridized carbons (Fsp3) is 0.133. The van der Waals surface area contributed by atoms with Crippen molar-refractivity contribution in [3.8, 4) is 11.5 Å². The average molecular weight is 289 g/mol. The second kappa shape index (κ2) is 6.86. The standard InChI is InChI=1S/C15H15NO3S/c1-19-11-6-8-12(9-7-11)20-10-15(18)16-13-4-2-3-5-14(13)17/h2-9,17H,10H2,1H3,(H,16,18). The highest BCUT2D eigenvalue weighted by molar-refractivity contribution is 8.00. The van der Waals surface area contributed by atoms with Crippen LogP contribution in [-0.2, 0) is 4.79 Å². The molecule has 0 aliphatic carbocycles. The van der Waals surface area contributed by atoms with Gasteiger partial charge in [-0.2, -0.15) is 0 Å². The van der Waals surface area contributed by atoms with Crippen molar-refractivity contribution in [3.63, 3.8) is 0 Å². The summed E-state index contributed by atoms with van der Waals surface area (Å²) in [7, 11) is 1.61. The molecule has 0 saturated heterocycles. The number of carbonyl (C=O) groups excluding carboxylic acids is 1. The second-order valence-electron chi connectivity index (χ2n) is 4.03. The first kappa shape index (κ1) is 14.3. The fourth-order valence-electron chi connectivity index (χ4n) is 1.59. The number of carbonyl (C=O) groups is 1. The number of hydrogen-bond acceptors (Lipinski definition) is 4. The summed E-state index contributed by atoms with van der Waals surface area (Å²) >= 11 is 1.42. The predicted octanol–water partition coefficient (Wildman–Crippen LogP) is 3.13. The summed E-state index contributed by atoms with van der Waals surface area (Å²) in [5.41, 5.74) is 0.424. The van der Waals surface area contributed by atoms with Gasteiger partial charge in [0, 0.05) is 4.90 Å². The molecule has 0 saturated carbocycles. The fourth-order valence-corrected chi connectivity index (χ4v) is 2.28. The Bertz CT molecular complexity index is 584. The highest BCUT2D eigenvalue weighted by Crippen LogP contribution is 2.24. The van der Waals surface area contributed by atoms with Crippen LogP contribution >= 0.6 is 11.8 Å². The van der Waals surface area contributed by atoms with E-state index in [9.17, 15) is 9.90 Å². The Kier molecular flexibility index (Phi) is 4.90. The molecule has 2 aromatic rings. The van der Waals surface area contributed by atoms with Crippen LogP contribution in [0.2, 0.25) is 0 Å². The number of nitrogens with one attached hydrogen (secondary N) is 1. The zero-order chi connectivity index (χ0) is 14.4. The van der Waals surface area contributed by atoms with Crippen LogP contribution in [0.4, 0.5) is 5.69 Å². The molecule has 2 aromatic carbocycles. The van der Waals surface area contributed by atoms with Gasteiger partial charge in [-0.1, -0.05) is 12.1 Å². The van der Waals surface area contributed by atoms with E-state index in [0.717, 1.165) is 10.6 Å². The van der Waals surface area contributed by atoms with Crippen molar-refractivity contribution in [2.45, 2.75) is 4.90 Å². The molecule has 0 aliphatic heterocycles. The van der Waals surface area contributed by atoms with Crippen LogP contribution in [0.1, 0.15) is 0 Å². The van der Waals surface area contributed by atoms with E-state index < -0.39 is 0 Å². The molecule has 1 amide bonds. The lowest BCUT2D eigenvalue weighted by Crippen LogP contribution is -2.13. The molecule has 0 aromatic heterocycles. The Balaban J connectivity index is 1.87. The second-order valence-corrected chi connectivity index (χ2v) is 5.08. The summed E-state index contributed by atoms with van der Waals surface area (Å²) in [5.74, 6) is 0.969. The lowest BCUT2D eigenvalue weighted by molar-refractivity contribution is -0.113. The zero-order valence-corrected chi connectivity index (χ0v) is 11.8. The van der Waals surface area contributed by atoms with Crippen molar-refractivity contribution in [2.24, 2.45) is 0 Å². The lowest BCUT2D eigenvalue weighted by atomic mass is 10.3. The minimum Gasteiger partial charge on any atom is -0.506 e. The Morgan fingerprint density at radius 1 is 1.20 bits per heavy atom. The number of amides is 1. The van der Waals surface area contributed by atoms with Crippen molar-refractivity contribution >= 4 is 23.4 Å². The van der Waals surface area contributed by atoms with E-state index in [0.29, 0.717) is 5.69 Å². The third-order valence-electron chi connectivity index (χ3n) is 2.61. The number of thioether (sulfide) groups is 1. The number of rotatable bonds is 5. The maximum absolute atomic E-state index is 11.8. The van der Waals surface area contributed by atoms with Gasteiger partial charge in [-0.25, -0.2) is 0 Å². The highest BCUT2D eigenvalue weighted by Gasteiger charge is 2.06. The molecule has 0 unspecified atom stereocenters. The summed E-state index contributed by atoms with van der Waals surface area (Å²) in [6.45, 7) is 0. The van der Waals surface area contributed by atoms with Crippen molar-refractivity contribution in [1.82, 2.24) is 0 Å². The summed E-state index contributed by atoms with van der Waals surface area (Å²) in [6, 6.07) is 14.2. The van der Waals surface area contributed by atoms with Crippen molar-refractivity contribution in [2.75, 3.05) is 18.2 Å². The van der Waals surface area contributed by atoms with E-state index in [1.165, 1.54) is 17.8 Å². The molecule has 0 spiro atoms. The molecule has 0 atom stereocenters. The maximum Gasteiger partial charge on any atom is 0.234 e. The van der Waals surface area contributed by atoms with E-state index >= 15 is 0 Å². The monoisotopic (exact) mass is 289 g/mol. The first-order valence-corrected chi connectivity index (χ1v) is 7.02. The van der Waals surface area contributed by atoms with Crippen LogP contribution in [0.5, 0.6) is 11.5 Å². The first-order chi connectivity index (χ1) is 9.69. The van der Waals surface area contributed by atoms with Gasteiger partial charge in [-0.05, 0) is 36.4 Å². The number of hydrogen-bond donors (Lipinski definition) is 2. The molecule has 0 fully saturated rings. The average Bonchev–Trinajstić information content (AvgIpc) is 2.48. The van der Waals surface area contributed by atoms with Gasteiger partial charge in [-0.3, -0.25) is 4.79 Å². The molecule has 0 radical (unpaired) electrons. The van der Waals surface area contributed by atoms with E-state index in [4.69, 9.17) is 4.74 Å². The Hall–Kier alpha value is -2.14. The molecule has 0 aliphatic rings. The van der Waals surface area contributed by atoms with Gasteiger partial charge < -0.3 is 15.2 Å². The Morgan fingerprint density at radius 3 is 2.55 bits per heavy atom. The highest BCUT2D eigenvalue weighted by atomic mass is 32.2. The predicted molar refractivity (Wildman–Crippen MR) is 80.5 cm³/mol. The number of aromatic hydroxyl groups is 1. The quantitative estimate of drug-likeness (QED) is 0.656. The molecule has 20 heavy (non-hydrogen) atoms. The molecule has 2 rings (SSSR count). The normalized spacial score (nSPS) is 10.1. The minimum atomic E-state index is -0.160. The summed E-state index contributed by atoms with van der Waals surface area (Å²) in [4.78, 5) is 12.8. The molecule has 2 N–H and O–H groups in total. The summed E-state index contributed by atoms with van der Waals surface area (Å²) in [6.07, 6.45) is 0. The number of methoxy groups -OCH3 is 1. The van der Waals surface area contributed by atoms with E-state index in [-0.39, 0.29) is 17.4 Å². The smallest absolute Gasteiger partial charge is 0.234 e. The van der Waals surface area contributed by atoms with E-state index in [1.54, 1.807) is 25.3 Å². The number of anilines is 1. The van der Waals surface area contributed by atoms with Gasteiger partial charge in [0.05, 0.1) is 18.6 Å². The van der Waals surface area contributed by atoms with Gasteiger partial charge in [0.1, 0.15) is 11.5 Å². The minimum absolute atomic E-state index is 0.0651. The van der Waals surface area contributed by atoms with Crippen molar-refractivity contribution in [1.29, 1.82) is 0 Å². The topological polar surface area (TPSA) is 58.6 Å². The first-order valence-electron chi connectivity index (χ1n) is 6.04. The zero-order valence-electron chi connectivity index (χ0n) is 11.0. The van der Waals surface area contributed by atoms with Crippen LogP contribution < -0.4 is 10.1 Å². The molecular formula is C15H15NO3S. The molecule has 0 bridgehead atoms. The van der Waals surface area contributed by atoms with Crippen LogP contribution in [0.15, 0.2) is 53.4 Å². The number of benzene rings is 2. The maximum atomic E-state index is 11.8.